The molecule has 1 nitrogen and oxygen atoms in total. The maximum atomic E-state index is 6.09. The van der Waals surface area contributed by atoms with Crippen molar-refractivity contribution in [1.29, 1.82) is 0 Å². The highest BCUT2D eigenvalue weighted by Gasteiger charge is 2.37. The summed E-state index contributed by atoms with van der Waals surface area (Å²) in [6, 6.07) is 0. The molecule has 0 aliphatic rings. The van der Waals surface area contributed by atoms with E-state index in [0.29, 0.717) is 11.0 Å². The molecule has 0 radical (unpaired) electrons. The lowest BCUT2D eigenvalue weighted by Crippen LogP contribution is -2.41. The third-order valence-electron chi connectivity index (χ3n) is 2.91. The second-order valence-electron chi connectivity index (χ2n) is 5.37. The van der Waals surface area contributed by atoms with Gasteiger partial charge in [0.1, 0.15) is 0 Å². The first kappa shape index (κ1) is 14.6. The van der Waals surface area contributed by atoms with Crippen LogP contribution in [0, 0.1) is 5.92 Å². The van der Waals surface area contributed by atoms with Gasteiger partial charge in [0.05, 0.1) is 0 Å². The Hall–Kier alpha value is 0.647. The summed E-state index contributed by atoms with van der Waals surface area (Å²) in [4.78, 5) is 0. The molecule has 0 saturated carbocycles. The Morgan fingerprint density at radius 3 is 2.21 bits per heavy atom. The minimum Gasteiger partial charge on any atom is -0.416 e. The van der Waals surface area contributed by atoms with E-state index in [1.807, 2.05) is 0 Å². The molecule has 0 aromatic rings. The molecule has 0 aliphatic heterocycles. The highest BCUT2D eigenvalue weighted by atomic mass is 127. The molecule has 1 atom stereocenters. The molecule has 0 fully saturated rings. The summed E-state index contributed by atoms with van der Waals surface area (Å²) in [5, 5.41) is 0.320. The Balaban J connectivity index is 4.12. The molecule has 0 spiro atoms. The van der Waals surface area contributed by atoms with Crippen molar-refractivity contribution in [1.82, 2.24) is 0 Å². The third-order valence-corrected chi connectivity index (χ3v) is 7.83. The Bertz CT molecular complexity index is 194. The molecule has 0 amide bonds. The predicted octanol–water partition coefficient (Wildman–Crippen LogP) is 4.59. The molecule has 0 heterocycles. The molecule has 3 heteroatoms. The monoisotopic (exact) mass is 326 g/mol. The van der Waals surface area contributed by atoms with Gasteiger partial charge in [0, 0.05) is 6.61 Å². The third kappa shape index (κ3) is 4.93. The van der Waals surface area contributed by atoms with E-state index >= 15 is 0 Å². The van der Waals surface area contributed by atoms with Gasteiger partial charge in [0.25, 0.3) is 0 Å². The van der Waals surface area contributed by atoms with E-state index in [9.17, 15) is 0 Å². The van der Waals surface area contributed by atoms with Crippen LogP contribution in [0.2, 0.25) is 18.1 Å². The van der Waals surface area contributed by atoms with Crippen LogP contribution in [0.4, 0.5) is 0 Å². The van der Waals surface area contributed by atoms with Crippen molar-refractivity contribution in [2.45, 2.75) is 45.8 Å². The molecular weight excluding hydrogens is 303 g/mol. The van der Waals surface area contributed by atoms with Gasteiger partial charge in [-0.3, -0.25) is 0 Å². The van der Waals surface area contributed by atoms with Crippen molar-refractivity contribution < 1.29 is 4.43 Å². The van der Waals surface area contributed by atoms with E-state index in [0.717, 1.165) is 6.61 Å². The molecule has 14 heavy (non-hydrogen) atoms. The largest absolute Gasteiger partial charge is 0.416 e. The molecule has 0 bridgehead atoms. The van der Waals surface area contributed by atoms with Crippen LogP contribution in [0.5, 0.6) is 0 Å². The topological polar surface area (TPSA) is 9.23 Å². The maximum Gasteiger partial charge on any atom is 0.192 e. The minimum absolute atomic E-state index is 0.320. The maximum absolute atomic E-state index is 6.09. The average molecular weight is 326 g/mol. The van der Waals surface area contributed by atoms with Crippen LogP contribution in [-0.2, 0) is 4.43 Å². The molecule has 84 valence electrons. The van der Waals surface area contributed by atoms with E-state index in [-0.39, 0.29) is 0 Å². The zero-order chi connectivity index (χ0) is 11.4. The first-order valence-electron chi connectivity index (χ1n) is 5.11. The van der Waals surface area contributed by atoms with Gasteiger partial charge in [-0.05, 0) is 28.1 Å². The second kappa shape index (κ2) is 5.65. The van der Waals surface area contributed by atoms with Crippen molar-refractivity contribution in [2.24, 2.45) is 5.92 Å². The van der Waals surface area contributed by atoms with Crippen molar-refractivity contribution in [3.8, 4) is 0 Å². The van der Waals surface area contributed by atoms with Crippen molar-refractivity contribution >= 4 is 30.9 Å². The average Bonchev–Trinajstić information content (AvgIpc) is 1.99. The predicted molar refractivity (Wildman–Crippen MR) is 75.5 cm³/mol. The van der Waals surface area contributed by atoms with Crippen molar-refractivity contribution in [3.05, 3.63) is 10.2 Å². The van der Waals surface area contributed by atoms with E-state index in [4.69, 9.17) is 4.43 Å². The molecule has 0 aromatic heterocycles. The number of hydrogen-bond acceptors (Lipinski definition) is 1. The summed E-state index contributed by atoms with van der Waals surface area (Å²) in [6.07, 6.45) is 2.19. The highest BCUT2D eigenvalue weighted by Crippen LogP contribution is 2.36. The van der Waals surface area contributed by atoms with Gasteiger partial charge in [-0.25, -0.2) is 0 Å². The number of hydrogen-bond donors (Lipinski definition) is 0. The molecule has 0 rings (SSSR count). The van der Waals surface area contributed by atoms with Crippen LogP contribution < -0.4 is 0 Å². The fraction of sp³-hybridized carbons (Fsp3) is 0.818. The fourth-order valence-electron chi connectivity index (χ4n) is 0.736. The number of rotatable bonds is 4. The van der Waals surface area contributed by atoms with Crippen molar-refractivity contribution in [2.75, 3.05) is 6.61 Å². The van der Waals surface area contributed by atoms with Gasteiger partial charge in [0.15, 0.2) is 8.32 Å². The van der Waals surface area contributed by atoms with Crippen LogP contribution in [0.1, 0.15) is 27.7 Å². The summed E-state index contributed by atoms with van der Waals surface area (Å²) >= 11 is 2.25. The SMILES string of the molecule is C[C@H](/C=C/I)CO[Si](C)(C)C(C)(C)C. The fourth-order valence-corrected chi connectivity index (χ4v) is 2.56. The van der Waals surface area contributed by atoms with Gasteiger partial charge < -0.3 is 4.43 Å². The smallest absolute Gasteiger partial charge is 0.192 e. The first-order valence-corrected chi connectivity index (χ1v) is 9.27. The Kier molecular flexibility index (Phi) is 5.92. The molecule has 0 aliphatic carbocycles. The lowest BCUT2D eigenvalue weighted by Gasteiger charge is -2.36. The number of halogens is 1. The van der Waals surface area contributed by atoms with Crippen molar-refractivity contribution in [3.63, 3.8) is 0 Å². The van der Waals surface area contributed by atoms with Gasteiger partial charge in [0.2, 0.25) is 0 Å². The molecular formula is C11H23IOSi. The highest BCUT2D eigenvalue weighted by molar-refractivity contribution is 14.1. The zero-order valence-corrected chi connectivity index (χ0v) is 13.4. The van der Waals surface area contributed by atoms with Crippen LogP contribution in [-0.4, -0.2) is 14.9 Å². The van der Waals surface area contributed by atoms with Crippen LogP contribution in [0.3, 0.4) is 0 Å². The summed E-state index contributed by atoms with van der Waals surface area (Å²) < 4.78 is 8.16. The standard InChI is InChI=1S/C11H23IOSi/c1-10(7-8-12)9-13-14(5,6)11(2,3)4/h7-8,10H,9H2,1-6H3/b8-7+/t10-/m1/s1. The van der Waals surface area contributed by atoms with Gasteiger partial charge >= 0.3 is 0 Å². The Morgan fingerprint density at radius 2 is 1.86 bits per heavy atom. The second-order valence-corrected chi connectivity index (χ2v) is 10.9. The Labute approximate surface area is 104 Å². The van der Waals surface area contributed by atoms with E-state index in [2.05, 4.69) is 73.5 Å². The summed E-state index contributed by atoms with van der Waals surface area (Å²) in [5.74, 6) is 0.529. The van der Waals surface area contributed by atoms with Gasteiger partial charge in [-0.2, -0.15) is 0 Å². The normalized spacial score (nSPS) is 16.2. The van der Waals surface area contributed by atoms with Crippen LogP contribution >= 0.6 is 22.6 Å². The van der Waals surface area contributed by atoms with Crippen LogP contribution in [0.15, 0.2) is 10.2 Å². The minimum atomic E-state index is -1.53. The first-order chi connectivity index (χ1) is 6.20. The van der Waals surface area contributed by atoms with Gasteiger partial charge in [-0.1, -0.05) is 56.4 Å². The Morgan fingerprint density at radius 1 is 1.36 bits per heavy atom. The van der Waals surface area contributed by atoms with E-state index < -0.39 is 8.32 Å². The molecule has 0 saturated heterocycles. The molecule has 0 aromatic carbocycles. The lowest BCUT2D eigenvalue weighted by atomic mass is 10.2. The van der Waals surface area contributed by atoms with Gasteiger partial charge in [-0.15, -0.1) is 0 Å². The summed E-state index contributed by atoms with van der Waals surface area (Å²) in [5.41, 5.74) is 0. The summed E-state index contributed by atoms with van der Waals surface area (Å²) in [6.45, 7) is 14.5. The summed E-state index contributed by atoms with van der Waals surface area (Å²) in [7, 11) is -1.53. The van der Waals surface area contributed by atoms with E-state index in [1.54, 1.807) is 0 Å². The molecule has 0 unspecified atom stereocenters. The zero-order valence-electron chi connectivity index (χ0n) is 10.2. The lowest BCUT2D eigenvalue weighted by molar-refractivity contribution is 0.259. The van der Waals surface area contributed by atoms with E-state index in [1.165, 1.54) is 0 Å². The quantitative estimate of drug-likeness (QED) is 0.542. The molecule has 0 N–H and O–H groups in total. The van der Waals surface area contributed by atoms with Crippen LogP contribution in [0.25, 0.3) is 0 Å².